The maximum absolute atomic E-state index is 13.3. The first-order valence-corrected chi connectivity index (χ1v) is 11.1. The number of fused-ring (bicyclic) bond motifs is 1. The molecule has 0 bridgehead atoms. The van der Waals surface area contributed by atoms with Crippen molar-refractivity contribution in [3.63, 3.8) is 0 Å². The van der Waals surface area contributed by atoms with Gasteiger partial charge in [0.1, 0.15) is 28.6 Å². The number of amides is 1. The van der Waals surface area contributed by atoms with E-state index in [-0.39, 0.29) is 22.4 Å². The Balaban J connectivity index is 1.78. The van der Waals surface area contributed by atoms with E-state index in [1.165, 1.54) is 15.4 Å². The fraction of sp³-hybridized carbons (Fsp3) is 0.308. The Morgan fingerprint density at radius 3 is 2.50 bits per heavy atom. The van der Waals surface area contributed by atoms with Gasteiger partial charge in [-0.2, -0.15) is 10.2 Å². The summed E-state index contributed by atoms with van der Waals surface area (Å²) in [7, 11) is 0. The fourth-order valence-corrected chi connectivity index (χ4v) is 3.64. The Bertz CT molecular complexity index is 1340. The molecule has 0 N–H and O–H groups in total. The van der Waals surface area contributed by atoms with Gasteiger partial charge < -0.3 is 14.4 Å². The molecule has 1 fully saturated rings. The highest BCUT2D eigenvalue weighted by atomic mass is 16.5. The van der Waals surface area contributed by atoms with Crippen LogP contribution in [0.15, 0.2) is 59.0 Å². The third-order valence-electron chi connectivity index (χ3n) is 5.61. The molecule has 34 heavy (non-hydrogen) atoms. The number of carbonyl (C=O) groups excluding carboxylic acids is 1. The molecule has 0 radical (unpaired) electrons. The van der Waals surface area contributed by atoms with E-state index in [1.54, 1.807) is 24.4 Å². The zero-order valence-corrected chi connectivity index (χ0v) is 19.4. The minimum absolute atomic E-state index is 0.0198. The second kappa shape index (κ2) is 9.49. The van der Waals surface area contributed by atoms with E-state index in [1.807, 2.05) is 30.3 Å². The van der Waals surface area contributed by atoms with Crippen LogP contribution >= 0.6 is 0 Å². The Labute approximate surface area is 197 Å². The van der Waals surface area contributed by atoms with Crippen molar-refractivity contribution in [2.45, 2.75) is 26.2 Å². The Morgan fingerprint density at radius 1 is 1.15 bits per heavy atom. The van der Waals surface area contributed by atoms with Gasteiger partial charge in [0.2, 0.25) is 5.88 Å². The molecule has 3 aromatic rings. The van der Waals surface area contributed by atoms with Crippen LogP contribution in [-0.4, -0.2) is 46.5 Å². The highest BCUT2D eigenvalue weighted by Gasteiger charge is 2.23. The highest BCUT2D eigenvalue weighted by molar-refractivity contribution is 6.02. The molecule has 4 rings (SSSR count). The molecule has 0 aliphatic carbocycles. The number of hydrogen-bond acceptors (Lipinski definition) is 6. The van der Waals surface area contributed by atoms with Crippen LogP contribution in [0.4, 0.5) is 0 Å². The topological polar surface area (TPSA) is 96.9 Å². The van der Waals surface area contributed by atoms with Gasteiger partial charge in [-0.25, -0.2) is 0 Å². The van der Waals surface area contributed by atoms with Crippen molar-refractivity contribution in [2.75, 3.05) is 26.3 Å². The van der Waals surface area contributed by atoms with Gasteiger partial charge in [-0.05, 0) is 41.3 Å². The van der Waals surface area contributed by atoms with Crippen molar-refractivity contribution in [1.29, 1.82) is 5.26 Å². The van der Waals surface area contributed by atoms with E-state index in [2.05, 4.69) is 25.8 Å². The summed E-state index contributed by atoms with van der Waals surface area (Å²) in [5.41, 5.74) is 0.938. The highest BCUT2D eigenvalue weighted by Crippen LogP contribution is 2.28. The maximum atomic E-state index is 13.3. The van der Waals surface area contributed by atoms with Gasteiger partial charge in [0, 0.05) is 19.3 Å². The summed E-state index contributed by atoms with van der Waals surface area (Å²) in [5, 5.41) is 9.71. The third kappa shape index (κ3) is 4.85. The predicted molar refractivity (Wildman–Crippen MR) is 128 cm³/mol. The van der Waals surface area contributed by atoms with Crippen molar-refractivity contribution in [3.05, 3.63) is 75.7 Å². The minimum Gasteiger partial charge on any atom is -0.438 e. The largest absolute Gasteiger partial charge is 0.438 e. The first kappa shape index (κ1) is 23.2. The Hall–Kier alpha value is -3.96. The molecular formula is C26H26N4O4. The molecule has 1 saturated heterocycles. The molecule has 0 atom stereocenters. The van der Waals surface area contributed by atoms with Gasteiger partial charge in [-0.15, -0.1) is 0 Å². The van der Waals surface area contributed by atoms with Crippen LogP contribution in [-0.2, 0) is 14.9 Å². The molecule has 1 amide bonds. The number of benzene rings is 1. The molecule has 1 aromatic carbocycles. The molecule has 174 valence electrons. The standard InChI is InChI=1S/C26H26N4O4/c1-26(2,3)19-7-9-20(10-8-19)34-23-21(25(32)30-11-5-4-6-22(30)28-23)16-18(17-27)24(31)29-12-14-33-15-13-29/h4-11,16H,12-15H2,1-3H3/b18-16+. The molecule has 0 saturated carbocycles. The average molecular weight is 459 g/mol. The normalized spacial score (nSPS) is 14.6. The fourth-order valence-electron chi connectivity index (χ4n) is 3.64. The summed E-state index contributed by atoms with van der Waals surface area (Å²) >= 11 is 0. The number of hydrogen-bond donors (Lipinski definition) is 0. The lowest BCUT2D eigenvalue weighted by Crippen LogP contribution is -2.41. The van der Waals surface area contributed by atoms with Gasteiger partial charge in [-0.1, -0.05) is 39.0 Å². The molecule has 8 heteroatoms. The van der Waals surface area contributed by atoms with Crippen LogP contribution in [0.1, 0.15) is 31.9 Å². The van der Waals surface area contributed by atoms with Gasteiger partial charge in [0.15, 0.2) is 0 Å². The maximum Gasteiger partial charge on any atom is 0.269 e. The molecule has 1 aliphatic rings. The van der Waals surface area contributed by atoms with E-state index in [0.29, 0.717) is 37.7 Å². The zero-order chi connectivity index (χ0) is 24.3. The van der Waals surface area contributed by atoms with Crippen LogP contribution in [0.2, 0.25) is 0 Å². The summed E-state index contributed by atoms with van der Waals surface area (Å²) in [5.74, 6) is 0.0684. The zero-order valence-electron chi connectivity index (χ0n) is 19.4. The first-order chi connectivity index (χ1) is 16.3. The Kier molecular flexibility index (Phi) is 6.48. The van der Waals surface area contributed by atoms with Crippen LogP contribution in [0.25, 0.3) is 11.7 Å². The van der Waals surface area contributed by atoms with E-state index < -0.39 is 11.5 Å². The van der Waals surface area contributed by atoms with E-state index in [9.17, 15) is 14.9 Å². The lowest BCUT2D eigenvalue weighted by Gasteiger charge is -2.26. The van der Waals surface area contributed by atoms with Crippen LogP contribution in [0.3, 0.4) is 0 Å². The van der Waals surface area contributed by atoms with Crippen LogP contribution in [0, 0.1) is 11.3 Å². The number of nitriles is 1. The molecule has 0 unspecified atom stereocenters. The number of nitrogens with zero attached hydrogens (tertiary/aromatic N) is 4. The summed E-state index contributed by atoms with van der Waals surface area (Å²) in [6, 6.07) is 14.6. The first-order valence-electron chi connectivity index (χ1n) is 11.1. The monoisotopic (exact) mass is 458 g/mol. The van der Waals surface area contributed by atoms with Gasteiger partial charge >= 0.3 is 0 Å². The quantitative estimate of drug-likeness (QED) is 0.438. The van der Waals surface area contributed by atoms with Crippen LogP contribution < -0.4 is 10.3 Å². The molecule has 0 spiro atoms. The van der Waals surface area contributed by atoms with Crippen molar-refractivity contribution < 1.29 is 14.3 Å². The van der Waals surface area contributed by atoms with Gasteiger partial charge in [-0.3, -0.25) is 14.0 Å². The number of pyridine rings is 1. The van der Waals surface area contributed by atoms with Crippen LogP contribution in [0.5, 0.6) is 11.6 Å². The lowest BCUT2D eigenvalue weighted by atomic mass is 9.87. The van der Waals surface area contributed by atoms with Crippen molar-refractivity contribution in [1.82, 2.24) is 14.3 Å². The number of carbonyl (C=O) groups is 1. The average Bonchev–Trinajstić information content (AvgIpc) is 2.84. The summed E-state index contributed by atoms with van der Waals surface area (Å²) in [6.45, 7) is 7.94. The molecule has 2 aromatic heterocycles. The lowest BCUT2D eigenvalue weighted by molar-refractivity contribution is -0.130. The van der Waals surface area contributed by atoms with Crippen molar-refractivity contribution in [2.24, 2.45) is 0 Å². The smallest absolute Gasteiger partial charge is 0.269 e. The minimum atomic E-state index is -0.455. The SMILES string of the molecule is CC(C)(C)c1ccc(Oc2nc3ccccn3c(=O)c2/C=C(\C#N)C(=O)N2CCOCC2)cc1. The number of ether oxygens (including phenoxy) is 2. The number of rotatable bonds is 4. The number of aromatic nitrogens is 2. The van der Waals surface area contributed by atoms with E-state index in [0.717, 1.165) is 5.56 Å². The number of morpholine rings is 1. The summed E-state index contributed by atoms with van der Waals surface area (Å²) < 4.78 is 12.7. The third-order valence-corrected chi connectivity index (χ3v) is 5.61. The summed E-state index contributed by atoms with van der Waals surface area (Å²) in [6.07, 6.45) is 2.85. The Morgan fingerprint density at radius 2 is 1.85 bits per heavy atom. The van der Waals surface area contributed by atoms with Gasteiger partial charge in [0.05, 0.1) is 13.2 Å². The second-order valence-electron chi connectivity index (χ2n) is 9.02. The van der Waals surface area contributed by atoms with E-state index in [4.69, 9.17) is 9.47 Å². The summed E-state index contributed by atoms with van der Waals surface area (Å²) in [4.78, 5) is 32.3. The van der Waals surface area contributed by atoms with Gasteiger partial charge in [0.25, 0.3) is 11.5 Å². The van der Waals surface area contributed by atoms with Crippen molar-refractivity contribution >= 4 is 17.6 Å². The molecule has 3 heterocycles. The van der Waals surface area contributed by atoms with Crippen molar-refractivity contribution in [3.8, 4) is 17.7 Å². The predicted octanol–water partition coefficient (Wildman–Crippen LogP) is 3.55. The molecular weight excluding hydrogens is 432 g/mol. The van der Waals surface area contributed by atoms with E-state index >= 15 is 0 Å². The molecule has 8 nitrogen and oxygen atoms in total. The second-order valence-corrected chi connectivity index (χ2v) is 9.02. The molecule has 1 aliphatic heterocycles.